The zero-order valence-corrected chi connectivity index (χ0v) is 29.1. The number of rotatable bonds is 23. The maximum atomic E-state index is 12.6. The highest BCUT2D eigenvalue weighted by Crippen LogP contribution is 2.33. The smallest absolute Gasteiger partial charge is 0.322 e. The van der Waals surface area contributed by atoms with Crippen LogP contribution in [-0.2, 0) is 19.1 Å². The number of thioether (sulfide) groups is 3. The third-order valence-corrected chi connectivity index (χ3v) is 11.7. The van der Waals surface area contributed by atoms with Gasteiger partial charge in [-0.25, -0.2) is 4.79 Å². The molecular formula is C30H53N3O5S4. The van der Waals surface area contributed by atoms with Gasteiger partial charge in [-0.2, -0.15) is 11.8 Å². The van der Waals surface area contributed by atoms with Gasteiger partial charge in [0, 0.05) is 24.0 Å². The molecule has 2 heterocycles. The first kappa shape index (κ1) is 37.5. The fourth-order valence-corrected chi connectivity index (χ4v) is 9.55. The molecular weight excluding hydrogens is 611 g/mol. The van der Waals surface area contributed by atoms with Gasteiger partial charge in [0.1, 0.15) is 14.9 Å². The lowest BCUT2D eigenvalue weighted by Crippen LogP contribution is -2.37. The molecule has 0 aliphatic carbocycles. The third-order valence-electron chi connectivity index (χ3n) is 7.41. The second-order valence-electron chi connectivity index (χ2n) is 11.5. The Balaban J connectivity index is 1.40. The predicted molar refractivity (Wildman–Crippen MR) is 183 cm³/mol. The van der Waals surface area contributed by atoms with Crippen LogP contribution in [0.5, 0.6) is 0 Å². The highest BCUT2D eigenvalue weighted by Gasteiger charge is 2.42. The number of amides is 3. The normalized spacial score (nSPS) is 19.7. The van der Waals surface area contributed by atoms with Crippen LogP contribution in [0.1, 0.15) is 104 Å². The van der Waals surface area contributed by atoms with Crippen LogP contribution in [0.4, 0.5) is 4.79 Å². The summed E-state index contributed by atoms with van der Waals surface area (Å²) in [5, 5.41) is 9.14. The quantitative estimate of drug-likeness (QED) is 0.0492. The summed E-state index contributed by atoms with van der Waals surface area (Å²) in [5.41, 5.74) is 0. The number of unbranched alkanes of at least 4 members (excludes halogenated alkanes) is 9. The molecule has 3 N–H and O–H groups in total. The molecule has 242 valence electrons. The molecule has 0 radical (unpaired) electrons. The fourth-order valence-electron chi connectivity index (χ4n) is 4.95. The maximum absolute atomic E-state index is 12.6. The zero-order valence-electron chi connectivity index (χ0n) is 25.8. The van der Waals surface area contributed by atoms with Gasteiger partial charge in [0.05, 0.1) is 25.3 Å². The van der Waals surface area contributed by atoms with Crippen molar-refractivity contribution >= 4 is 68.9 Å². The SMILES string of the molecule is CCCCCCCCCCCCSC(=S)SC(C)(C)C(=O)OCCOCCNC(=O)CCCC1SCC2NC(=O)NC21. The van der Waals surface area contributed by atoms with E-state index in [2.05, 4.69) is 22.9 Å². The van der Waals surface area contributed by atoms with Crippen molar-refractivity contribution in [1.29, 1.82) is 0 Å². The number of esters is 1. The Morgan fingerprint density at radius 1 is 1.00 bits per heavy atom. The lowest BCUT2D eigenvalue weighted by Gasteiger charge is -2.22. The number of hydrogen-bond donors (Lipinski definition) is 3. The van der Waals surface area contributed by atoms with Crippen molar-refractivity contribution < 1.29 is 23.9 Å². The molecule has 2 rings (SSSR count). The van der Waals surface area contributed by atoms with Gasteiger partial charge in [0.15, 0.2) is 0 Å². The van der Waals surface area contributed by atoms with E-state index < -0.39 is 4.75 Å². The number of hydrogen-bond acceptors (Lipinski definition) is 9. The Labute approximate surface area is 271 Å². The van der Waals surface area contributed by atoms with Crippen LogP contribution < -0.4 is 16.0 Å². The van der Waals surface area contributed by atoms with Crippen molar-refractivity contribution in [3.8, 4) is 0 Å². The van der Waals surface area contributed by atoms with E-state index in [4.69, 9.17) is 21.7 Å². The summed E-state index contributed by atoms with van der Waals surface area (Å²) in [6, 6.07) is 0.300. The summed E-state index contributed by atoms with van der Waals surface area (Å²) in [6.07, 6.45) is 15.3. The molecule has 0 aromatic heterocycles. The first-order valence-corrected chi connectivity index (χ1v) is 19.0. The molecule has 0 bridgehead atoms. The average Bonchev–Trinajstić information content (AvgIpc) is 3.50. The van der Waals surface area contributed by atoms with E-state index in [0.717, 1.165) is 34.3 Å². The second-order valence-corrected chi connectivity index (χ2v) is 16.7. The summed E-state index contributed by atoms with van der Waals surface area (Å²) in [7, 11) is 0. The first-order chi connectivity index (χ1) is 20.2. The monoisotopic (exact) mass is 663 g/mol. The summed E-state index contributed by atoms with van der Waals surface area (Å²) < 4.78 is 11.0. The molecule has 0 aromatic carbocycles. The highest BCUT2D eigenvalue weighted by molar-refractivity contribution is 8.47. The van der Waals surface area contributed by atoms with Gasteiger partial charge >= 0.3 is 12.0 Å². The van der Waals surface area contributed by atoms with Crippen molar-refractivity contribution in [1.82, 2.24) is 16.0 Å². The Kier molecular flexibility index (Phi) is 19.6. The highest BCUT2D eigenvalue weighted by atomic mass is 32.2. The molecule has 3 atom stereocenters. The summed E-state index contributed by atoms with van der Waals surface area (Å²) >= 11 is 10.4. The van der Waals surface area contributed by atoms with Crippen LogP contribution in [0.25, 0.3) is 0 Å². The molecule has 3 unspecified atom stereocenters. The van der Waals surface area contributed by atoms with E-state index in [1.165, 1.54) is 69.5 Å². The molecule has 2 fully saturated rings. The molecule has 2 aliphatic rings. The number of ether oxygens (including phenoxy) is 2. The number of nitrogens with one attached hydrogen (secondary N) is 3. The van der Waals surface area contributed by atoms with E-state index in [1.54, 1.807) is 11.8 Å². The van der Waals surface area contributed by atoms with E-state index in [-0.39, 0.29) is 43.2 Å². The second kappa shape index (κ2) is 21.9. The maximum Gasteiger partial charge on any atom is 0.322 e. The van der Waals surface area contributed by atoms with Crippen molar-refractivity contribution in [2.75, 3.05) is 37.9 Å². The number of fused-ring (bicyclic) bond motifs is 1. The van der Waals surface area contributed by atoms with Crippen molar-refractivity contribution in [3.05, 3.63) is 0 Å². The van der Waals surface area contributed by atoms with Crippen LogP contribution in [0.15, 0.2) is 0 Å². The van der Waals surface area contributed by atoms with E-state index >= 15 is 0 Å². The van der Waals surface area contributed by atoms with E-state index in [1.807, 2.05) is 25.6 Å². The van der Waals surface area contributed by atoms with Crippen molar-refractivity contribution in [3.63, 3.8) is 0 Å². The minimum Gasteiger partial charge on any atom is -0.462 e. The summed E-state index contributed by atoms with van der Waals surface area (Å²) in [4.78, 5) is 36.1. The molecule has 12 heteroatoms. The Hall–Kier alpha value is -0.690. The lowest BCUT2D eigenvalue weighted by atomic mass is 10.0. The number of urea groups is 1. The molecule has 8 nitrogen and oxygen atoms in total. The molecule has 0 aromatic rings. The predicted octanol–water partition coefficient (Wildman–Crippen LogP) is 6.45. The van der Waals surface area contributed by atoms with Crippen LogP contribution in [0.2, 0.25) is 0 Å². The number of thiocarbonyl (C=S) groups is 1. The van der Waals surface area contributed by atoms with Crippen LogP contribution >= 0.6 is 47.5 Å². The van der Waals surface area contributed by atoms with Gasteiger partial charge in [0.25, 0.3) is 0 Å². The lowest BCUT2D eigenvalue weighted by molar-refractivity contribution is -0.147. The molecule has 42 heavy (non-hydrogen) atoms. The van der Waals surface area contributed by atoms with Gasteiger partial charge in [-0.15, -0.1) is 11.8 Å². The number of carbonyl (C=O) groups excluding carboxylic acids is 3. The summed E-state index contributed by atoms with van der Waals surface area (Å²) in [5.74, 6) is 1.62. The molecule has 0 spiro atoms. The summed E-state index contributed by atoms with van der Waals surface area (Å²) in [6.45, 7) is 7.17. The third kappa shape index (κ3) is 15.9. The van der Waals surface area contributed by atoms with Crippen molar-refractivity contribution in [2.45, 2.75) is 126 Å². The molecule has 2 saturated heterocycles. The molecule has 3 amide bonds. The standard InChI is InChI=1S/C30H53N3O5S4/c1-4-5-6-7-8-9-10-11-12-13-21-40-29(39)42-30(2,3)27(35)38-20-19-37-18-17-31-25(34)16-14-15-24-26-23(22-41-24)32-28(36)33-26/h23-24,26H,4-22H2,1-3H3,(H,31,34)(H2,32,33,36). The van der Waals surface area contributed by atoms with E-state index in [0.29, 0.717) is 24.8 Å². The van der Waals surface area contributed by atoms with Crippen LogP contribution in [0, 0.1) is 0 Å². The first-order valence-electron chi connectivity index (χ1n) is 15.8. The van der Waals surface area contributed by atoms with Crippen molar-refractivity contribution in [2.24, 2.45) is 0 Å². The van der Waals surface area contributed by atoms with Gasteiger partial charge in [-0.3, -0.25) is 9.59 Å². The minimum atomic E-state index is -0.742. The largest absolute Gasteiger partial charge is 0.462 e. The zero-order chi connectivity index (χ0) is 30.6. The van der Waals surface area contributed by atoms with Gasteiger partial charge in [-0.1, -0.05) is 88.7 Å². The number of carbonyl (C=O) groups is 3. The topological polar surface area (TPSA) is 106 Å². The van der Waals surface area contributed by atoms with Gasteiger partial charge in [-0.05, 0) is 38.9 Å². The van der Waals surface area contributed by atoms with Gasteiger partial charge < -0.3 is 25.4 Å². The van der Waals surface area contributed by atoms with Crippen LogP contribution in [-0.4, -0.2) is 81.4 Å². The Bertz CT molecular complexity index is 833. The molecule has 2 aliphatic heterocycles. The Morgan fingerprint density at radius 2 is 1.69 bits per heavy atom. The van der Waals surface area contributed by atoms with Gasteiger partial charge in [0.2, 0.25) is 5.91 Å². The Morgan fingerprint density at radius 3 is 2.40 bits per heavy atom. The van der Waals surface area contributed by atoms with Crippen LogP contribution in [0.3, 0.4) is 0 Å². The molecule has 0 saturated carbocycles. The average molecular weight is 664 g/mol. The fraction of sp³-hybridized carbons (Fsp3) is 0.867. The van der Waals surface area contributed by atoms with E-state index in [9.17, 15) is 14.4 Å². The minimum absolute atomic E-state index is 0.000985.